The average Bonchev–Trinajstić information content (AvgIpc) is 3.16. The van der Waals surface area contributed by atoms with Gasteiger partial charge in [0.2, 0.25) is 0 Å². The third-order valence-electron chi connectivity index (χ3n) is 9.76. The first-order valence-electron chi connectivity index (χ1n) is 16.7. The van der Waals surface area contributed by atoms with Crippen molar-refractivity contribution in [2.24, 2.45) is 5.92 Å². The number of ether oxygens (including phenoxy) is 1. The number of aromatic hydroxyl groups is 2. The quantitative estimate of drug-likeness (QED) is 0.296. The van der Waals surface area contributed by atoms with E-state index in [4.69, 9.17) is 4.74 Å². The van der Waals surface area contributed by atoms with Gasteiger partial charge < -0.3 is 14.9 Å². The molecule has 1 heterocycles. The molecule has 1 aliphatic heterocycles. The molecule has 3 nitrogen and oxygen atoms in total. The summed E-state index contributed by atoms with van der Waals surface area (Å²) in [6.45, 7) is 17.6. The maximum atomic E-state index is 10.5. The van der Waals surface area contributed by atoms with Crippen LogP contribution < -0.4 is 10.4 Å². The molecular weight excluding hydrogens is 552 g/mol. The van der Waals surface area contributed by atoms with Gasteiger partial charge in [-0.1, -0.05) is 91.8 Å². The summed E-state index contributed by atoms with van der Waals surface area (Å²) in [6.07, 6.45) is 14.5. The Morgan fingerprint density at radius 1 is 0.644 bits per heavy atom. The number of allylic oxidation sites excluding steroid dienone is 4. The second kappa shape index (κ2) is 12.1. The van der Waals surface area contributed by atoms with E-state index in [-0.39, 0.29) is 17.9 Å². The number of hydrogen-bond acceptors (Lipinski definition) is 3. The Labute approximate surface area is 269 Å². The second-order valence-corrected chi connectivity index (χ2v) is 14.4. The van der Waals surface area contributed by atoms with Crippen molar-refractivity contribution >= 4 is 12.2 Å². The highest BCUT2D eigenvalue weighted by atomic mass is 16.5. The Hall–Kier alpha value is -3.98. The summed E-state index contributed by atoms with van der Waals surface area (Å²) in [5, 5.41) is 23.5. The Balaban J connectivity index is 1.35. The summed E-state index contributed by atoms with van der Waals surface area (Å²) >= 11 is 0. The molecule has 6 rings (SSSR count). The average molecular weight is 601 g/mol. The summed E-state index contributed by atoms with van der Waals surface area (Å²) in [5.74, 6) is 3.24. The van der Waals surface area contributed by atoms with Crippen molar-refractivity contribution in [2.45, 2.75) is 97.5 Å². The minimum atomic E-state index is -0.0643. The standard InChI is InChI=1S/C42H48O3/c1-23(2)35-19-33(43)20-36(24(3)4)41(35)30-12-9-27-18-40-29(16-32(27)17-30)11-10-28-15-31(13-14-39(28)45-40)42-37(25(5)6)21-34(44)22-38(42)26(7)8/h9-14,16-26,29,31,40,43-44H,15H2,1-8H3. The summed E-state index contributed by atoms with van der Waals surface area (Å²) < 4.78 is 6.74. The summed E-state index contributed by atoms with van der Waals surface area (Å²) in [6, 6.07) is 14.6. The van der Waals surface area contributed by atoms with Gasteiger partial charge in [-0.3, -0.25) is 0 Å². The molecule has 3 atom stereocenters. The van der Waals surface area contributed by atoms with Crippen LogP contribution in [0.5, 0.6) is 11.5 Å². The highest BCUT2D eigenvalue weighted by Crippen LogP contribution is 2.43. The molecular formula is C42H48O3. The van der Waals surface area contributed by atoms with Crippen LogP contribution in [-0.2, 0) is 4.74 Å². The molecule has 0 aromatic heterocycles. The van der Waals surface area contributed by atoms with E-state index in [2.05, 4.69) is 110 Å². The Morgan fingerprint density at radius 3 is 1.80 bits per heavy atom. The van der Waals surface area contributed by atoms with Crippen LogP contribution in [0.3, 0.4) is 0 Å². The number of rotatable bonds is 6. The fourth-order valence-electron chi connectivity index (χ4n) is 7.43. The smallest absolute Gasteiger partial charge is 0.127 e. The van der Waals surface area contributed by atoms with Crippen molar-refractivity contribution in [2.75, 3.05) is 0 Å². The van der Waals surface area contributed by atoms with E-state index in [1.165, 1.54) is 55.0 Å². The zero-order valence-corrected chi connectivity index (χ0v) is 28.1. The molecule has 0 spiro atoms. The normalized spacial score (nSPS) is 20.5. The van der Waals surface area contributed by atoms with E-state index in [0.717, 1.165) is 12.2 Å². The van der Waals surface area contributed by atoms with Crippen LogP contribution in [0.25, 0.3) is 23.3 Å². The van der Waals surface area contributed by atoms with Crippen LogP contribution in [0.4, 0.5) is 0 Å². The van der Waals surface area contributed by atoms with E-state index in [1.807, 2.05) is 24.3 Å². The molecule has 3 unspecified atom stereocenters. The Kier molecular flexibility index (Phi) is 8.33. The first-order chi connectivity index (χ1) is 21.4. The molecule has 0 amide bonds. The van der Waals surface area contributed by atoms with Gasteiger partial charge in [-0.15, -0.1) is 0 Å². The Morgan fingerprint density at radius 2 is 1.22 bits per heavy atom. The zero-order chi connectivity index (χ0) is 32.2. The van der Waals surface area contributed by atoms with Crippen LogP contribution in [0.2, 0.25) is 0 Å². The Bertz CT molecular complexity index is 1790. The van der Waals surface area contributed by atoms with Gasteiger partial charge in [0, 0.05) is 11.8 Å². The molecule has 2 aliphatic carbocycles. The van der Waals surface area contributed by atoms with Crippen molar-refractivity contribution in [3.05, 3.63) is 116 Å². The van der Waals surface area contributed by atoms with Gasteiger partial charge in [0.1, 0.15) is 23.4 Å². The fourth-order valence-corrected chi connectivity index (χ4v) is 7.43. The number of fused-ring (bicyclic) bond motifs is 2. The minimum absolute atomic E-state index is 0.0643. The van der Waals surface area contributed by atoms with Crippen LogP contribution >= 0.6 is 0 Å². The number of phenolic OH excluding ortho intramolecular Hbond substituents is 2. The highest BCUT2D eigenvalue weighted by molar-refractivity contribution is 5.74. The lowest BCUT2D eigenvalue weighted by molar-refractivity contribution is 0.159. The summed E-state index contributed by atoms with van der Waals surface area (Å²) in [4.78, 5) is 0. The molecule has 3 aromatic carbocycles. The van der Waals surface area contributed by atoms with E-state index >= 15 is 0 Å². The van der Waals surface area contributed by atoms with Crippen LogP contribution in [0.1, 0.15) is 119 Å². The summed E-state index contributed by atoms with van der Waals surface area (Å²) in [7, 11) is 0. The van der Waals surface area contributed by atoms with Gasteiger partial charge in [-0.2, -0.15) is 0 Å². The van der Waals surface area contributed by atoms with Gasteiger partial charge in [-0.25, -0.2) is 0 Å². The lowest BCUT2D eigenvalue weighted by Gasteiger charge is -2.29. The predicted molar refractivity (Wildman–Crippen MR) is 187 cm³/mol. The molecule has 3 aliphatic rings. The second-order valence-electron chi connectivity index (χ2n) is 14.4. The first kappa shape index (κ1) is 31.0. The molecule has 0 bridgehead atoms. The van der Waals surface area contributed by atoms with Gasteiger partial charge in [0.15, 0.2) is 0 Å². The monoisotopic (exact) mass is 600 g/mol. The first-order valence-corrected chi connectivity index (χ1v) is 16.7. The fraction of sp³-hybridized carbons (Fsp3) is 0.381. The number of hydrogen-bond donors (Lipinski definition) is 2. The predicted octanol–water partition coefficient (Wildman–Crippen LogP) is 9.40. The van der Waals surface area contributed by atoms with Gasteiger partial charge >= 0.3 is 0 Å². The lowest BCUT2D eigenvalue weighted by Crippen LogP contribution is -2.35. The van der Waals surface area contributed by atoms with Crippen LogP contribution in [0, 0.1) is 5.92 Å². The van der Waals surface area contributed by atoms with Crippen LogP contribution in [-0.4, -0.2) is 16.3 Å². The minimum Gasteiger partial charge on any atom is -0.508 e. The van der Waals surface area contributed by atoms with Gasteiger partial charge in [0.05, 0.1) is 0 Å². The molecule has 45 heavy (non-hydrogen) atoms. The zero-order valence-electron chi connectivity index (χ0n) is 28.1. The van der Waals surface area contributed by atoms with Gasteiger partial charge in [-0.05, 0) is 128 Å². The molecule has 3 aromatic rings. The summed E-state index contributed by atoms with van der Waals surface area (Å²) in [5.41, 5.74) is 9.84. The SMILES string of the molecule is CC(C)c1cc(O)cc(C(C)C)c1-c1ccc2c(c1)=CC1C=CC3=C(C=CC(c4c(C(C)C)cc(O)cc4C(C)C)C3)OC1C=2. The topological polar surface area (TPSA) is 49.7 Å². The van der Waals surface area contributed by atoms with Crippen LogP contribution in [0.15, 0.2) is 78.1 Å². The lowest BCUT2D eigenvalue weighted by atomic mass is 9.77. The maximum Gasteiger partial charge on any atom is 0.127 e. The highest BCUT2D eigenvalue weighted by Gasteiger charge is 2.29. The van der Waals surface area contributed by atoms with Gasteiger partial charge in [0.25, 0.3) is 0 Å². The number of benzene rings is 3. The van der Waals surface area contributed by atoms with E-state index in [0.29, 0.717) is 35.2 Å². The van der Waals surface area contributed by atoms with Crippen molar-refractivity contribution in [1.29, 1.82) is 0 Å². The largest absolute Gasteiger partial charge is 0.508 e. The van der Waals surface area contributed by atoms with Crippen molar-refractivity contribution < 1.29 is 14.9 Å². The molecule has 234 valence electrons. The molecule has 3 heteroatoms. The van der Waals surface area contributed by atoms with Crippen molar-refractivity contribution in [1.82, 2.24) is 0 Å². The van der Waals surface area contributed by atoms with E-state index in [1.54, 1.807) is 0 Å². The number of phenols is 2. The van der Waals surface area contributed by atoms with Crippen molar-refractivity contribution in [3.8, 4) is 22.6 Å². The third kappa shape index (κ3) is 5.90. The van der Waals surface area contributed by atoms with E-state index in [9.17, 15) is 10.2 Å². The molecule has 0 saturated carbocycles. The van der Waals surface area contributed by atoms with Crippen molar-refractivity contribution in [3.63, 3.8) is 0 Å². The molecule has 2 N–H and O–H groups in total. The molecule has 0 radical (unpaired) electrons. The third-order valence-corrected chi connectivity index (χ3v) is 9.76. The van der Waals surface area contributed by atoms with E-state index < -0.39 is 0 Å². The molecule has 0 saturated heterocycles. The molecule has 0 fully saturated rings. The maximum absolute atomic E-state index is 10.5.